The Morgan fingerprint density at radius 2 is 1.81 bits per heavy atom. The van der Waals surface area contributed by atoms with Gasteiger partial charge in [0.1, 0.15) is 21.4 Å². The molecular weight excluding hydrogens is 692 g/mol. The van der Waals surface area contributed by atoms with E-state index in [0.717, 1.165) is 23.9 Å². The smallest absolute Gasteiger partial charge is 0.374 e. The number of primary sulfonamides is 1. The molecule has 2 heterocycles. The molecule has 1 fully saturated rings. The number of nitrogens with two attached hydrogens (primary N) is 1. The lowest BCUT2D eigenvalue weighted by atomic mass is 10.1. The van der Waals surface area contributed by atoms with Crippen molar-refractivity contribution in [3.05, 3.63) is 82.9 Å². The highest BCUT2D eigenvalue weighted by atomic mass is 35.5. The molecule has 2 aliphatic rings. The number of hydrogen-bond acceptors (Lipinski definition) is 12. The van der Waals surface area contributed by atoms with E-state index in [-0.39, 0.29) is 50.9 Å². The largest absolute Gasteiger partial charge is 0.461 e. The lowest BCUT2D eigenvalue weighted by Crippen LogP contribution is -2.54. The molecule has 1 saturated heterocycles. The molecule has 3 aromatic carbocycles. The number of aliphatic imine (C=N–C) groups is 1. The minimum Gasteiger partial charge on any atom is -0.461 e. The van der Waals surface area contributed by atoms with Gasteiger partial charge in [-0.1, -0.05) is 72.8 Å². The summed E-state index contributed by atoms with van der Waals surface area (Å²) >= 11 is 6.99. The van der Waals surface area contributed by atoms with Crippen LogP contribution in [0.1, 0.15) is 35.7 Å². The van der Waals surface area contributed by atoms with Gasteiger partial charge < -0.3 is 9.47 Å². The maximum absolute atomic E-state index is 13.2. The topological polar surface area (TPSA) is 200 Å². The van der Waals surface area contributed by atoms with Crippen LogP contribution in [0.3, 0.4) is 0 Å². The van der Waals surface area contributed by atoms with Crippen molar-refractivity contribution in [3.8, 4) is 5.75 Å². The highest BCUT2D eigenvalue weighted by molar-refractivity contribution is 8.14. The number of halogens is 1. The molecule has 248 valence electrons. The van der Waals surface area contributed by atoms with Crippen LogP contribution in [0.5, 0.6) is 5.75 Å². The second-order valence-electron chi connectivity index (χ2n) is 10.8. The Labute approximate surface area is 280 Å². The monoisotopic (exact) mass is 720 g/mol. The molecule has 1 unspecified atom stereocenters. The van der Waals surface area contributed by atoms with E-state index >= 15 is 0 Å². The summed E-state index contributed by atoms with van der Waals surface area (Å²) in [6.07, 6.45) is 0.864. The number of benzene rings is 3. The number of sulfonamides is 2. The van der Waals surface area contributed by atoms with Crippen molar-refractivity contribution in [2.45, 2.75) is 41.7 Å². The van der Waals surface area contributed by atoms with E-state index in [1.807, 2.05) is 0 Å². The molecule has 0 amide bonds. The number of carbonyl (C=O) groups excluding carboxylic acids is 3. The predicted molar refractivity (Wildman–Crippen MR) is 174 cm³/mol. The molecule has 2 atom stereocenters. The van der Waals surface area contributed by atoms with E-state index in [2.05, 4.69) is 15.0 Å². The van der Waals surface area contributed by atoms with Crippen molar-refractivity contribution < 1.29 is 40.7 Å². The van der Waals surface area contributed by atoms with E-state index in [0.29, 0.717) is 24.1 Å². The van der Waals surface area contributed by atoms with Crippen molar-refractivity contribution >= 4 is 72.0 Å². The number of rotatable bonds is 10. The van der Waals surface area contributed by atoms with Crippen LogP contribution in [0, 0.1) is 5.92 Å². The second-order valence-corrected chi connectivity index (χ2v) is 15.4. The Hall–Kier alpha value is -3.80. The van der Waals surface area contributed by atoms with Crippen molar-refractivity contribution in [2.75, 3.05) is 12.3 Å². The fourth-order valence-electron chi connectivity index (χ4n) is 4.79. The van der Waals surface area contributed by atoms with Crippen LogP contribution in [0.15, 0.2) is 81.5 Å². The van der Waals surface area contributed by atoms with Crippen molar-refractivity contribution in [1.82, 2.24) is 10.0 Å². The number of carbonyl (C=O) groups is 3. The number of nitrogens with one attached hydrogen (secondary N) is 2. The van der Waals surface area contributed by atoms with Crippen molar-refractivity contribution in [2.24, 2.45) is 16.0 Å². The maximum Gasteiger partial charge on any atom is 0.374 e. The zero-order chi connectivity index (χ0) is 34.0. The summed E-state index contributed by atoms with van der Waals surface area (Å²) in [5.41, 5.74) is -0.524. The third-order valence-electron chi connectivity index (χ3n) is 7.22. The van der Waals surface area contributed by atoms with Gasteiger partial charge in [-0.3, -0.25) is 19.6 Å². The van der Waals surface area contributed by atoms with Crippen LogP contribution in [0.4, 0.5) is 5.69 Å². The van der Waals surface area contributed by atoms with Gasteiger partial charge in [-0.2, -0.15) is 0 Å². The first-order valence-electron chi connectivity index (χ1n) is 14.1. The van der Waals surface area contributed by atoms with Crippen LogP contribution < -0.4 is 19.9 Å². The summed E-state index contributed by atoms with van der Waals surface area (Å²) in [4.78, 5) is 41.7. The summed E-state index contributed by atoms with van der Waals surface area (Å²) in [5.74, 6) is -1.96. The SMILES string of the molecule is CC(CSC(=O)c1ccccc1)C(=O)OC(=O)[C@]1(Oc2ccc(CC3=Nc4cc(Cl)c(S(N)(=O)=O)cc4S(=O)(=O)N3)cc2)CCCN1. The molecule has 0 aliphatic carbocycles. The molecular formula is C30H29ClN4O9S3. The first kappa shape index (κ1) is 34.5. The first-order chi connectivity index (χ1) is 22.2. The fraction of sp³-hybridized carbons (Fsp3) is 0.267. The zero-order valence-electron chi connectivity index (χ0n) is 24.8. The molecule has 0 aromatic heterocycles. The molecule has 0 saturated carbocycles. The standard InChI is InChI=1S/C30H29ClN4O9S3/c1-18(17-45-28(37)20-6-3-2-4-7-20)27(36)43-29(38)30(12-5-13-33-30)44-21-10-8-19(9-11-21)14-26-34-23-15-22(31)24(46(32,39)40)16-25(23)47(41,42)35-26/h2-4,6-11,15-16,18,33H,5,12-14,17H2,1H3,(H,34,35)(H2,32,39,40)/t18?,30-/m1/s1. The Kier molecular flexibility index (Phi) is 10.1. The number of ether oxygens (including phenoxy) is 2. The lowest BCUT2D eigenvalue weighted by molar-refractivity contribution is -0.175. The van der Waals surface area contributed by atoms with Gasteiger partial charge in [0.15, 0.2) is 0 Å². The van der Waals surface area contributed by atoms with E-state index in [1.165, 1.54) is 0 Å². The highest BCUT2D eigenvalue weighted by Crippen LogP contribution is 2.35. The highest BCUT2D eigenvalue weighted by Gasteiger charge is 2.46. The van der Waals surface area contributed by atoms with E-state index in [1.54, 1.807) is 61.5 Å². The van der Waals surface area contributed by atoms with Crippen LogP contribution in [-0.4, -0.2) is 57.7 Å². The van der Waals surface area contributed by atoms with Crippen molar-refractivity contribution in [1.29, 1.82) is 0 Å². The van der Waals surface area contributed by atoms with Gasteiger partial charge in [-0.25, -0.2) is 31.8 Å². The molecule has 0 spiro atoms. The summed E-state index contributed by atoms with van der Waals surface area (Å²) in [6, 6.07) is 17.0. The minimum absolute atomic E-state index is 0.0378. The molecule has 3 aromatic rings. The number of hydrogen-bond donors (Lipinski definition) is 3. The molecule has 47 heavy (non-hydrogen) atoms. The predicted octanol–water partition coefficient (Wildman–Crippen LogP) is 3.29. The van der Waals surface area contributed by atoms with Crippen LogP contribution in [0.2, 0.25) is 5.02 Å². The Bertz CT molecular complexity index is 1960. The van der Waals surface area contributed by atoms with Gasteiger partial charge in [0.2, 0.25) is 15.1 Å². The number of esters is 2. The third-order valence-corrected chi connectivity index (χ3v) is 11.2. The minimum atomic E-state index is -4.27. The molecule has 2 aliphatic heterocycles. The summed E-state index contributed by atoms with van der Waals surface area (Å²) in [7, 11) is -8.45. The molecule has 13 nitrogen and oxygen atoms in total. The average Bonchev–Trinajstić information content (AvgIpc) is 3.49. The van der Waals surface area contributed by atoms with Gasteiger partial charge in [-0.05, 0) is 42.8 Å². The first-order valence-corrected chi connectivity index (χ1v) is 18.5. The van der Waals surface area contributed by atoms with Gasteiger partial charge in [0, 0.05) is 24.2 Å². The lowest BCUT2D eigenvalue weighted by Gasteiger charge is -2.28. The van der Waals surface area contributed by atoms with E-state index in [9.17, 15) is 31.2 Å². The van der Waals surface area contributed by atoms with Crippen LogP contribution in [0.25, 0.3) is 0 Å². The average molecular weight is 721 g/mol. The number of nitrogens with zero attached hydrogens (tertiary/aromatic N) is 1. The van der Waals surface area contributed by atoms with E-state index < -0.39 is 48.5 Å². The molecule has 4 N–H and O–H groups in total. The van der Waals surface area contributed by atoms with E-state index in [4.69, 9.17) is 26.2 Å². The van der Waals surface area contributed by atoms with Crippen molar-refractivity contribution in [3.63, 3.8) is 0 Å². The van der Waals surface area contributed by atoms with Gasteiger partial charge in [-0.15, -0.1) is 0 Å². The zero-order valence-corrected chi connectivity index (χ0v) is 28.0. The van der Waals surface area contributed by atoms with Gasteiger partial charge in [0.25, 0.3) is 15.7 Å². The van der Waals surface area contributed by atoms with Gasteiger partial charge >= 0.3 is 11.9 Å². The molecule has 0 radical (unpaired) electrons. The molecule has 0 bridgehead atoms. The van der Waals surface area contributed by atoms with Crippen LogP contribution in [-0.2, 0) is 40.8 Å². The summed E-state index contributed by atoms with van der Waals surface area (Å²) < 4.78 is 62.9. The fourth-order valence-corrected chi connectivity index (χ4v) is 7.99. The normalized spacial score (nSPS) is 19.1. The Morgan fingerprint density at radius 3 is 2.45 bits per heavy atom. The number of thioether (sulfide) groups is 1. The molecule has 17 heteroatoms. The third kappa shape index (κ3) is 8.02. The second kappa shape index (κ2) is 13.7. The maximum atomic E-state index is 13.2. The van der Waals surface area contributed by atoms with Gasteiger partial charge in [0.05, 0.1) is 16.6 Å². The molecule has 5 rings (SSSR count). The number of amidine groups is 1. The Morgan fingerprint density at radius 1 is 1.11 bits per heavy atom. The Balaban J connectivity index is 1.23. The summed E-state index contributed by atoms with van der Waals surface area (Å²) in [6.45, 7) is 2.02. The van der Waals surface area contributed by atoms with Crippen LogP contribution >= 0.6 is 23.4 Å². The quantitative estimate of drug-likeness (QED) is 0.205. The summed E-state index contributed by atoms with van der Waals surface area (Å²) in [5, 5.41) is 7.66. The number of fused-ring (bicyclic) bond motifs is 1.